The van der Waals surface area contributed by atoms with E-state index < -0.39 is 0 Å². The van der Waals surface area contributed by atoms with E-state index in [0.717, 1.165) is 11.1 Å². The van der Waals surface area contributed by atoms with E-state index in [0.29, 0.717) is 24.6 Å². The standard InChI is InChI=1S/C19H24N2O3/c1-14-9-10-17(24-3)16(13-14)21-19(22)18(20-11-12-23-2)15-7-5-4-6-8-15/h4-10,13,18,20H,11-12H2,1-3H3,(H,21,22)/p+1/t18-/m0/s1. The zero-order valence-electron chi connectivity index (χ0n) is 14.4. The quantitative estimate of drug-likeness (QED) is 0.727. The first-order valence-electron chi connectivity index (χ1n) is 7.98. The lowest BCUT2D eigenvalue weighted by Gasteiger charge is -2.17. The summed E-state index contributed by atoms with van der Waals surface area (Å²) >= 11 is 0. The maximum Gasteiger partial charge on any atom is 0.287 e. The van der Waals surface area contributed by atoms with Crippen LogP contribution in [0.2, 0.25) is 0 Å². The Morgan fingerprint density at radius 3 is 2.58 bits per heavy atom. The number of carbonyl (C=O) groups is 1. The Morgan fingerprint density at radius 1 is 1.17 bits per heavy atom. The number of amides is 1. The Balaban J connectivity index is 2.20. The van der Waals surface area contributed by atoms with E-state index in [1.165, 1.54) is 0 Å². The van der Waals surface area contributed by atoms with E-state index in [9.17, 15) is 4.79 Å². The van der Waals surface area contributed by atoms with Gasteiger partial charge >= 0.3 is 0 Å². The van der Waals surface area contributed by atoms with Gasteiger partial charge in [-0.1, -0.05) is 36.4 Å². The van der Waals surface area contributed by atoms with Gasteiger partial charge in [0.05, 0.1) is 19.4 Å². The zero-order valence-corrected chi connectivity index (χ0v) is 14.4. The second-order valence-electron chi connectivity index (χ2n) is 5.60. The molecule has 1 amide bonds. The van der Waals surface area contributed by atoms with Gasteiger partial charge in [0.15, 0.2) is 6.04 Å². The number of ether oxygens (including phenoxy) is 2. The minimum atomic E-state index is -0.341. The van der Waals surface area contributed by atoms with Crippen LogP contribution in [0.1, 0.15) is 17.2 Å². The maximum atomic E-state index is 12.8. The fraction of sp³-hybridized carbons (Fsp3) is 0.316. The molecular formula is C19H25N2O3+. The smallest absolute Gasteiger partial charge is 0.287 e. The Kier molecular flexibility index (Phi) is 6.78. The molecule has 128 valence electrons. The summed E-state index contributed by atoms with van der Waals surface area (Å²) in [6.45, 7) is 3.27. The SMILES string of the molecule is COCC[NH2+][C@H](C(=O)Nc1cc(C)ccc1OC)c1ccccc1. The maximum absolute atomic E-state index is 12.8. The summed E-state index contributed by atoms with van der Waals surface area (Å²) in [6, 6.07) is 15.1. The Bertz CT molecular complexity index is 659. The number of aryl methyl sites for hydroxylation is 1. The van der Waals surface area contributed by atoms with Gasteiger partial charge in [0.25, 0.3) is 5.91 Å². The zero-order chi connectivity index (χ0) is 17.4. The van der Waals surface area contributed by atoms with Crippen LogP contribution >= 0.6 is 0 Å². The van der Waals surface area contributed by atoms with E-state index >= 15 is 0 Å². The Labute approximate surface area is 143 Å². The molecule has 0 heterocycles. The first kappa shape index (κ1) is 18.0. The van der Waals surface area contributed by atoms with E-state index in [1.807, 2.05) is 60.8 Å². The third kappa shape index (κ3) is 4.81. The van der Waals surface area contributed by atoms with Crippen molar-refractivity contribution < 1.29 is 19.6 Å². The van der Waals surface area contributed by atoms with Crippen LogP contribution in [0.4, 0.5) is 5.69 Å². The van der Waals surface area contributed by atoms with Gasteiger partial charge in [-0.15, -0.1) is 0 Å². The molecule has 24 heavy (non-hydrogen) atoms. The fourth-order valence-electron chi connectivity index (χ4n) is 2.54. The number of hydrogen-bond donors (Lipinski definition) is 2. The number of anilines is 1. The number of hydrogen-bond acceptors (Lipinski definition) is 3. The molecule has 0 aromatic heterocycles. The van der Waals surface area contributed by atoms with Gasteiger partial charge < -0.3 is 20.1 Å². The number of methoxy groups -OCH3 is 2. The van der Waals surface area contributed by atoms with Crippen molar-refractivity contribution in [3.8, 4) is 5.75 Å². The van der Waals surface area contributed by atoms with Gasteiger partial charge in [-0.25, -0.2) is 0 Å². The van der Waals surface area contributed by atoms with Crippen molar-refractivity contribution in [2.45, 2.75) is 13.0 Å². The summed E-state index contributed by atoms with van der Waals surface area (Å²) in [6.07, 6.45) is 0. The van der Waals surface area contributed by atoms with Crippen molar-refractivity contribution in [1.82, 2.24) is 0 Å². The van der Waals surface area contributed by atoms with Crippen LogP contribution < -0.4 is 15.4 Å². The summed E-state index contributed by atoms with van der Waals surface area (Å²) in [5.41, 5.74) is 2.70. The highest BCUT2D eigenvalue weighted by Gasteiger charge is 2.24. The summed E-state index contributed by atoms with van der Waals surface area (Å²) in [7, 11) is 3.25. The van der Waals surface area contributed by atoms with Crippen LogP contribution in [0.25, 0.3) is 0 Å². The minimum Gasteiger partial charge on any atom is -0.495 e. The molecule has 1 atom stereocenters. The highest BCUT2D eigenvalue weighted by Crippen LogP contribution is 2.26. The van der Waals surface area contributed by atoms with Crippen LogP contribution in [-0.4, -0.2) is 33.3 Å². The van der Waals surface area contributed by atoms with E-state index in [-0.39, 0.29) is 11.9 Å². The molecule has 5 nitrogen and oxygen atoms in total. The van der Waals surface area contributed by atoms with Crippen LogP contribution in [-0.2, 0) is 9.53 Å². The molecule has 2 aromatic carbocycles. The molecule has 0 unspecified atom stereocenters. The van der Waals surface area contributed by atoms with E-state index in [2.05, 4.69) is 5.32 Å². The van der Waals surface area contributed by atoms with Crippen molar-refractivity contribution in [1.29, 1.82) is 0 Å². The average molecular weight is 329 g/mol. The molecule has 2 aromatic rings. The predicted octanol–water partition coefficient (Wildman–Crippen LogP) is 1.89. The number of nitrogens with one attached hydrogen (secondary N) is 1. The van der Waals surface area contributed by atoms with Gasteiger partial charge in [-0.05, 0) is 24.6 Å². The van der Waals surface area contributed by atoms with Crippen molar-refractivity contribution in [3.05, 3.63) is 59.7 Å². The van der Waals surface area contributed by atoms with E-state index in [4.69, 9.17) is 9.47 Å². The third-order valence-corrected chi connectivity index (χ3v) is 3.78. The first-order chi connectivity index (χ1) is 11.7. The van der Waals surface area contributed by atoms with Gasteiger partial charge in [-0.2, -0.15) is 0 Å². The monoisotopic (exact) mass is 329 g/mol. The molecule has 0 aliphatic heterocycles. The molecule has 0 aliphatic carbocycles. The molecule has 0 saturated carbocycles. The van der Waals surface area contributed by atoms with Crippen molar-refractivity contribution in [3.63, 3.8) is 0 Å². The van der Waals surface area contributed by atoms with Crippen molar-refractivity contribution in [2.75, 3.05) is 32.7 Å². The first-order valence-corrected chi connectivity index (χ1v) is 7.98. The molecule has 0 fully saturated rings. The number of quaternary nitrogens is 1. The Hall–Kier alpha value is -2.37. The molecule has 0 aliphatic rings. The summed E-state index contributed by atoms with van der Waals surface area (Å²) in [4.78, 5) is 12.8. The number of carbonyl (C=O) groups excluding carboxylic acids is 1. The fourth-order valence-corrected chi connectivity index (χ4v) is 2.54. The lowest BCUT2D eigenvalue weighted by atomic mass is 10.1. The lowest BCUT2D eigenvalue weighted by Crippen LogP contribution is -2.88. The van der Waals surface area contributed by atoms with Crippen molar-refractivity contribution in [2.24, 2.45) is 0 Å². The van der Waals surface area contributed by atoms with Gasteiger partial charge in [0.1, 0.15) is 12.3 Å². The second kappa shape index (κ2) is 9.05. The van der Waals surface area contributed by atoms with Crippen LogP contribution in [0.3, 0.4) is 0 Å². The van der Waals surface area contributed by atoms with E-state index in [1.54, 1.807) is 14.2 Å². The molecule has 0 spiro atoms. The average Bonchev–Trinajstić information content (AvgIpc) is 2.59. The van der Waals surface area contributed by atoms with Gasteiger partial charge in [0, 0.05) is 12.7 Å². The summed E-state index contributed by atoms with van der Waals surface area (Å²) in [5, 5.41) is 4.97. The number of nitrogens with two attached hydrogens (primary N) is 1. The second-order valence-corrected chi connectivity index (χ2v) is 5.60. The summed E-state index contributed by atoms with van der Waals surface area (Å²) < 4.78 is 10.4. The van der Waals surface area contributed by atoms with Crippen molar-refractivity contribution >= 4 is 11.6 Å². The highest BCUT2D eigenvalue weighted by molar-refractivity contribution is 5.95. The Morgan fingerprint density at radius 2 is 1.92 bits per heavy atom. The van der Waals surface area contributed by atoms with Crippen LogP contribution in [0.5, 0.6) is 5.75 Å². The molecular weight excluding hydrogens is 304 g/mol. The predicted molar refractivity (Wildman–Crippen MR) is 94.2 cm³/mol. The van der Waals surface area contributed by atoms with Crippen LogP contribution in [0.15, 0.2) is 48.5 Å². The van der Waals surface area contributed by atoms with Gasteiger partial charge in [-0.3, -0.25) is 4.79 Å². The minimum absolute atomic E-state index is 0.0822. The summed E-state index contributed by atoms with van der Waals surface area (Å²) in [5.74, 6) is 0.568. The third-order valence-electron chi connectivity index (χ3n) is 3.78. The number of benzene rings is 2. The topological polar surface area (TPSA) is 64.2 Å². The largest absolute Gasteiger partial charge is 0.495 e. The number of rotatable bonds is 8. The highest BCUT2D eigenvalue weighted by atomic mass is 16.5. The molecule has 5 heteroatoms. The molecule has 0 saturated heterocycles. The molecule has 0 bridgehead atoms. The molecule has 3 N–H and O–H groups in total. The van der Waals surface area contributed by atoms with Crippen LogP contribution in [0, 0.1) is 6.92 Å². The molecule has 2 rings (SSSR count). The lowest BCUT2D eigenvalue weighted by molar-refractivity contribution is -0.683. The van der Waals surface area contributed by atoms with Gasteiger partial charge in [0.2, 0.25) is 0 Å². The molecule has 0 radical (unpaired) electrons. The normalized spacial score (nSPS) is 11.8.